The van der Waals surface area contributed by atoms with Crippen molar-refractivity contribution in [2.24, 2.45) is 5.73 Å². The number of fused-ring (bicyclic) bond motifs is 1. The predicted octanol–water partition coefficient (Wildman–Crippen LogP) is 2.75. The lowest BCUT2D eigenvalue weighted by atomic mass is 10.1. The van der Waals surface area contributed by atoms with Crippen LogP contribution in [0.25, 0.3) is 11.0 Å². The highest BCUT2D eigenvalue weighted by molar-refractivity contribution is 9.10. The van der Waals surface area contributed by atoms with Gasteiger partial charge in [-0.1, -0.05) is 0 Å². The van der Waals surface area contributed by atoms with E-state index in [0.29, 0.717) is 0 Å². The molecule has 1 fully saturated rings. The summed E-state index contributed by atoms with van der Waals surface area (Å²) in [6.07, 6.45) is 6.30. The Kier molecular flexibility index (Phi) is 3.50. The number of hydrogen-bond donors (Lipinski definition) is 1. The number of nitrogens with two attached hydrogens (primary N) is 1. The molecule has 3 rings (SSSR count). The second-order valence-corrected chi connectivity index (χ2v) is 6.00. The zero-order valence-corrected chi connectivity index (χ0v) is 12.7. The first-order valence-electron chi connectivity index (χ1n) is 6.84. The molecular weight excluding hydrogens is 304 g/mol. The Morgan fingerprint density at radius 2 is 2.37 bits per heavy atom. The molecule has 1 atom stereocenters. The van der Waals surface area contributed by atoms with E-state index in [1.165, 1.54) is 11.1 Å². The van der Waals surface area contributed by atoms with Gasteiger partial charge in [0.05, 0.1) is 10.2 Å². The molecule has 0 amide bonds. The molecule has 19 heavy (non-hydrogen) atoms. The zero-order chi connectivity index (χ0) is 13.4. The third-order valence-electron chi connectivity index (χ3n) is 3.83. The average Bonchev–Trinajstić information content (AvgIpc) is 2.81. The van der Waals surface area contributed by atoms with Crippen LogP contribution in [0.15, 0.2) is 22.9 Å². The minimum absolute atomic E-state index is 0.275. The summed E-state index contributed by atoms with van der Waals surface area (Å²) in [5.74, 6) is 0. The number of pyridine rings is 1. The molecule has 0 saturated carbocycles. The molecule has 1 saturated heterocycles. The fourth-order valence-corrected chi connectivity index (χ4v) is 3.46. The summed E-state index contributed by atoms with van der Waals surface area (Å²) in [5, 5.41) is 1.21. The normalized spacial score (nSPS) is 20.2. The van der Waals surface area contributed by atoms with Gasteiger partial charge in [-0.3, -0.25) is 0 Å². The van der Waals surface area contributed by atoms with E-state index in [2.05, 4.69) is 49.6 Å². The van der Waals surface area contributed by atoms with Gasteiger partial charge < -0.3 is 15.2 Å². The molecule has 1 aliphatic heterocycles. The van der Waals surface area contributed by atoms with E-state index >= 15 is 0 Å². The number of hydrogen-bond acceptors (Lipinski definition) is 3. The van der Waals surface area contributed by atoms with Crippen molar-refractivity contribution in [1.29, 1.82) is 0 Å². The fourth-order valence-electron chi connectivity index (χ4n) is 2.89. The Labute approximate surface area is 121 Å². The Hall–Kier alpha value is -1.07. The molecule has 0 radical (unpaired) electrons. The van der Waals surface area contributed by atoms with Gasteiger partial charge in [-0.25, -0.2) is 4.98 Å². The molecule has 1 aliphatic rings. The Morgan fingerprint density at radius 1 is 1.53 bits per heavy atom. The molecular formula is C14H19BrN4. The maximum absolute atomic E-state index is 6.11. The van der Waals surface area contributed by atoms with Crippen molar-refractivity contribution >= 4 is 32.7 Å². The van der Waals surface area contributed by atoms with Gasteiger partial charge in [0.25, 0.3) is 0 Å². The minimum Gasteiger partial charge on any atom is -0.368 e. The van der Waals surface area contributed by atoms with Gasteiger partial charge in [0.2, 0.25) is 0 Å². The first-order chi connectivity index (χ1) is 9.20. The van der Waals surface area contributed by atoms with Crippen LogP contribution in [0, 0.1) is 0 Å². The van der Waals surface area contributed by atoms with E-state index in [1.54, 1.807) is 0 Å². The molecule has 2 aromatic rings. The standard InChI is InChI=1S/C14H19BrN4/c1-2-18-7-5-11-13(12(15)8-17-14(11)18)19-6-3-4-10(16)9-19/h5,7-8,10H,2-4,6,9,16H2,1H3/t10-/m1/s1. The van der Waals surface area contributed by atoms with Crippen LogP contribution in [0.2, 0.25) is 0 Å². The lowest BCUT2D eigenvalue weighted by Gasteiger charge is -2.33. The summed E-state index contributed by atoms with van der Waals surface area (Å²) in [6, 6.07) is 2.43. The van der Waals surface area contributed by atoms with Crippen molar-refractivity contribution in [2.75, 3.05) is 18.0 Å². The third-order valence-corrected chi connectivity index (χ3v) is 4.41. The van der Waals surface area contributed by atoms with Crippen molar-refractivity contribution < 1.29 is 0 Å². The highest BCUT2D eigenvalue weighted by Crippen LogP contribution is 2.35. The van der Waals surface area contributed by atoms with Gasteiger partial charge in [0.15, 0.2) is 0 Å². The number of aryl methyl sites for hydroxylation is 1. The van der Waals surface area contributed by atoms with Crippen LogP contribution in [-0.2, 0) is 6.54 Å². The maximum Gasteiger partial charge on any atom is 0.142 e. The van der Waals surface area contributed by atoms with Gasteiger partial charge in [0, 0.05) is 43.5 Å². The molecule has 0 spiro atoms. The van der Waals surface area contributed by atoms with Gasteiger partial charge in [-0.15, -0.1) is 0 Å². The maximum atomic E-state index is 6.11. The second kappa shape index (κ2) is 5.13. The average molecular weight is 323 g/mol. The van der Waals surface area contributed by atoms with Gasteiger partial charge in [-0.2, -0.15) is 0 Å². The monoisotopic (exact) mass is 322 g/mol. The van der Waals surface area contributed by atoms with Crippen LogP contribution >= 0.6 is 15.9 Å². The summed E-state index contributed by atoms with van der Waals surface area (Å²) < 4.78 is 3.23. The largest absolute Gasteiger partial charge is 0.368 e. The Morgan fingerprint density at radius 3 is 3.11 bits per heavy atom. The first kappa shape index (κ1) is 12.9. The topological polar surface area (TPSA) is 47.1 Å². The van der Waals surface area contributed by atoms with Crippen molar-refractivity contribution in [2.45, 2.75) is 32.4 Å². The summed E-state index contributed by atoms with van der Waals surface area (Å²) >= 11 is 3.65. The van der Waals surface area contributed by atoms with Gasteiger partial charge in [-0.05, 0) is 41.8 Å². The summed E-state index contributed by atoms with van der Waals surface area (Å²) in [6.45, 7) is 5.08. The Balaban J connectivity index is 2.10. The number of halogens is 1. The lowest BCUT2D eigenvalue weighted by molar-refractivity contribution is 0.506. The second-order valence-electron chi connectivity index (χ2n) is 5.14. The Bertz CT molecular complexity index is 592. The summed E-state index contributed by atoms with van der Waals surface area (Å²) in [4.78, 5) is 6.94. The number of piperidine rings is 1. The molecule has 0 aromatic carbocycles. The summed E-state index contributed by atoms with van der Waals surface area (Å²) in [5.41, 5.74) is 8.41. The van der Waals surface area contributed by atoms with E-state index < -0.39 is 0 Å². The number of nitrogens with zero attached hydrogens (tertiary/aromatic N) is 3. The molecule has 0 aliphatic carbocycles. The van der Waals surface area contributed by atoms with Crippen molar-refractivity contribution in [3.8, 4) is 0 Å². The molecule has 0 unspecified atom stereocenters. The number of aromatic nitrogens is 2. The zero-order valence-electron chi connectivity index (χ0n) is 11.1. The van der Waals surface area contributed by atoms with Crippen molar-refractivity contribution in [3.63, 3.8) is 0 Å². The minimum atomic E-state index is 0.275. The highest BCUT2D eigenvalue weighted by Gasteiger charge is 2.21. The van der Waals surface area contributed by atoms with Crippen molar-refractivity contribution in [3.05, 3.63) is 22.9 Å². The summed E-state index contributed by atoms with van der Waals surface area (Å²) in [7, 11) is 0. The number of rotatable bonds is 2. The fraction of sp³-hybridized carbons (Fsp3) is 0.500. The van der Waals surface area contributed by atoms with Gasteiger partial charge >= 0.3 is 0 Å². The molecule has 2 N–H and O–H groups in total. The highest BCUT2D eigenvalue weighted by atomic mass is 79.9. The predicted molar refractivity (Wildman–Crippen MR) is 82.5 cm³/mol. The van der Waals surface area contributed by atoms with Crippen LogP contribution in [0.3, 0.4) is 0 Å². The van der Waals surface area contributed by atoms with Crippen LogP contribution in [0.4, 0.5) is 5.69 Å². The van der Waals surface area contributed by atoms with Crippen molar-refractivity contribution in [1.82, 2.24) is 9.55 Å². The lowest BCUT2D eigenvalue weighted by Crippen LogP contribution is -2.43. The molecule has 2 aromatic heterocycles. The van der Waals surface area contributed by atoms with E-state index in [-0.39, 0.29) is 6.04 Å². The molecule has 4 nitrogen and oxygen atoms in total. The quantitative estimate of drug-likeness (QED) is 0.924. The van der Waals surface area contributed by atoms with Crippen LogP contribution in [-0.4, -0.2) is 28.7 Å². The first-order valence-corrected chi connectivity index (χ1v) is 7.64. The van der Waals surface area contributed by atoms with E-state index in [4.69, 9.17) is 5.73 Å². The van der Waals surface area contributed by atoms with Gasteiger partial charge in [0.1, 0.15) is 5.65 Å². The van der Waals surface area contributed by atoms with Crippen LogP contribution in [0.5, 0.6) is 0 Å². The van der Waals surface area contributed by atoms with E-state index in [9.17, 15) is 0 Å². The van der Waals surface area contributed by atoms with Crippen LogP contribution < -0.4 is 10.6 Å². The number of anilines is 1. The molecule has 3 heterocycles. The van der Waals surface area contributed by atoms with E-state index in [0.717, 1.165) is 42.6 Å². The molecule has 0 bridgehead atoms. The smallest absolute Gasteiger partial charge is 0.142 e. The SMILES string of the molecule is CCn1ccc2c(N3CCC[C@@H](N)C3)c(Br)cnc21. The molecule has 5 heteroatoms. The van der Waals surface area contributed by atoms with Crippen LogP contribution in [0.1, 0.15) is 19.8 Å². The third kappa shape index (κ3) is 2.25. The molecule has 102 valence electrons. The van der Waals surface area contributed by atoms with E-state index in [1.807, 2.05) is 6.20 Å².